The molecule has 3 heteroatoms. The van der Waals surface area contributed by atoms with Crippen molar-refractivity contribution in [2.75, 3.05) is 0 Å². The van der Waals surface area contributed by atoms with Crippen LogP contribution in [0.2, 0.25) is 10.0 Å². The fourth-order valence-electron chi connectivity index (χ4n) is 1.85. The number of benzene rings is 2. The molecule has 0 bridgehead atoms. The van der Waals surface area contributed by atoms with Crippen molar-refractivity contribution < 1.29 is 0 Å². The summed E-state index contributed by atoms with van der Waals surface area (Å²) in [7, 11) is 0. The van der Waals surface area contributed by atoms with Crippen LogP contribution in [0.1, 0.15) is 19.4 Å². The molecule has 0 heterocycles. The van der Waals surface area contributed by atoms with Gasteiger partial charge in [-0.05, 0) is 34.9 Å². The van der Waals surface area contributed by atoms with E-state index in [1.165, 1.54) is 0 Å². The van der Waals surface area contributed by atoms with E-state index in [1.807, 2.05) is 30.3 Å². The highest BCUT2D eigenvalue weighted by Gasteiger charge is 2.05. The van der Waals surface area contributed by atoms with Gasteiger partial charge in [-0.1, -0.05) is 61.3 Å². The molecule has 100 valence electrons. The summed E-state index contributed by atoms with van der Waals surface area (Å²) in [5.41, 5.74) is 3.28. The molecule has 2 aromatic carbocycles. The summed E-state index contributed by atoms with van der Waals surface area (Å²) >= 11 is 12.3. The number of nitrogens with one attached hydrogen (secondary N) is 1. The van der Waals surface area contributed by atoms with Crippen LogP contribution in [0.4, 0.5) is 0 Å². The van der Waals surface area contributed by atoms with Gasteiger partial charge in [-0.3, -0.25) is 0 Å². The molecule has 0 aliphatic heterocycles. The van der Waals surface area contributed by atoms with Crippen molar-refractivity contribution in [3.63, 3.8) is 0 Å². The molecular weight excluding hydrogens is 277 g/mol. The van der Waals surface area contributed by atoms with Crippen LogP contribution in [0.15, 0.2) is 42.5 Å². The summed E-state index contributed by atoms with van der Waals surface area (Å²) in [6.45, 7) is 5.02. The van der Waals surface area contributed by atoms with Crippen LogP contribution in [-0.2, 0) is 6.54 Å². The van der Waals surface area contributed by atoms with Gasteiger partial charge in [0.1, 0.15) is 0 Å². The van der Waals surface area contributed by atoms with Crippen LogP contribution < -0.4 is 5.32 Å². The highest BCUT2D eigenvalue weighted by Crippen LogP contribution is 2.27. The van der Waals surface area contributed by atoms with Crippen LogP contribution in [0, 0.1) is 0 Å². The molecule has 0 unspecified atom stereocenters. The van der Waals surface area contributed by atoms with Gasteiger partial charge in [-0.25, -0.2) is 0 Å². The van der Waals surface area contributed by atoms with Crippen molar-refractivity contribution in [3.8, 4) is 11.1 Å². The van der Waals surface area contributed by atoms with E-state index < -0.39 is 0 Å². The Hall–Kier alpha value is -1.02. The fourth-order valence-corrected chi connectivity index (χ4v) is 2.29. The van der Waals surface area contributed by atoms with Gasteiger partial charge < -0.3 is 5.32 Å². The first-order chi connectivity index (χ1) is 9.06. The Morgan fingerprint density at radius 3 is 2.37 bits per heavy atom. The van der Waals surface area contributed by atoms with Crippen LogP contribution in [-0.4, -0.2) is 6.04 Å². The third-order valence-electron chi connectivity index (χ3n) is 2.91. The Morgan fingerprint density at radius 1 is 1.00 bits per heavy atom. The molecule has 0 spiro atoms. The van der Waals surface area contributed by atoms with E-state index in [0.29, 0.717) is 6.04 Å². The minimum Gasteiger partial charge on any atom is -0.310 e. The van der Waals surface area contributed by atoms with E-state index in [-0.39, 0.29) is 0 Å². The topological polar surface area (TPSA) is 12.0 Å². The maximum Gasteiger partial charge on any atom is 0.0457 e. The fraction of sp³-hybridized carbons (Fsp3) is 0.250. The van der Waals surface area contributed by atoms with Gasteiger partial charge in [0.15, 0.2) is 0 Å². The lowest BCUT2D eigenvalue weighted by Gasteiger charge is -2.11. The quantitative estimate of drug-likeness (QED) is 0.821. The summed E-state index contributed by atoms with van der Waals surface area (Å²) in [6.07, 6.45) is 0. The van der Waals surface area contributed by atoms with E-state index in [9.17, 15) is 0 Å². The van der Waals surface area contributed by atoms with Gasteiger partial charge in [0.25, 0.3) is 0 Å². The molecule has 0 atom stereocenters. The number of hydrogen-bond donors (Lipinski definition) is 1. The van der Waals surface area contributed by atoms with Crippen molar-refractivity contribution >= 4 is 23.2 Å². The molecule has 2 aromatic rings. The van der Waals surface area contributed by atoms with Gasteiger partial charge >= 0.3 is 0 Å². The lowest BCUT2D eigenvalue weighted by atomic mass is 10.0. The molecule has 0 fully saturated rings. The van der Waals surface area contributed by atoms with Crippen LogP contribution in [0.3, 0.4) is 0 Å². The molecule has 19 heavy (non-hydrogen) atoms. The van der Waals surface area contributed by atoms with Crippen LogP contribution in [0.5, 0.6) is 0 Å². The molecule has 1 nitrogen and oxygen atoms in total. The number of rotatable bonds is 4. The smallest absolute Gasteiger partial charge is 0.0457 e. The Labute approximate surface area is 124 Å². The van der Waals surface area contributed by atoms with E-state index in [0.717, 1.165) is 33.3 Å². The largest absolute Gasteiger partial charge is 0.310 e. The van der Waals surface area contributed by atoms with E-state index >= 15 is 0 Å². The van der Waals surface area contributed by atoms with E-state index in [2.05, 4.69) is 31.3 Å². The zero-order valence-corrected chi connectivity index (χ0v) is 12.6. The monoisotopic (exact) mass is 293 g/mol. The Morgan fingerprint density at radius 2 is 1.74 bits per heavy atom. The molecule has 0 aromatic heterocycles. The van der Waals surface area contributed by atoms with Crippen molar-refractivity contribution in [1.82, 2.24) is 5.32 Å². The first-order valence-corrected chi connectivity index (χ1v) is 7.09. The number of hydrogen-bond acceptors (Lipinski definition) is 1. The van der Waals surface area contributed by atoms with Gasteiger partial charge in [-0.15, -0.1) is 0 Å². The molecule has 0 saturated carbocycles. The number of halogens is 2. The van der Waals surface area contributed by atoms with Crippen molar-refractivity contribution in [1.29, 1.82) is 0 Å². The first kappa shape index (κ1) is 14.4. The summed E-state index contributed by atoms with van der Waals surface area (Å²) in [4.78, 5) is 0. The molecule has 0 aliphatic carbocycles. The second-order valence-electron chi connectivity index (χ2n) is 4.85. The maximum atomic E-state index is 6.33. The summed E-state index contributed by atoms with van der Waals surface area (Å²) in [5, 5.41) is 4.88. The van der Waals surface area contributed by atoms with E-state index in [1.54, 1.807) is 0 Å². The molecule has 0 amide bonds. The van der Waals surface area contributed by atoms with Gasteiger partial charge in [0, 0.05) is 22.6 Å². The second-order valence-corrected chi connectivity index (χ2v) is 5.70. The van der Waals surface area contributed by atoms with E-state index in [4.69, 9.17) is 23.2 Å². The van der Waals surface area contributed by atoms with Gasteiger partial charge in [0.2, 0.25) is 0 Å². The lowest BCUT2D eigenvalue weighted by Crippen LogP contribution is -2.21. The third kappa shape index (κ3) is 3.97. The van der Waals surface area contributed by atoms with Crippen molar-refractivity contribution in [2.24, 2.45) is 0 Å². The van der Waals surface area contributed by atoms with Gasteiger partial charge in [-0.2, -0.15) is 0 Å². The Bertz CT molecular complexity index is 564. The van der Waals surface area contributed by atoms with Crippen molar-refractivity contribution in [2.45, 2.75) is 26.4 Å². The summed E-state index contributed by atoms with van der Waals surface area (Å²) < 4.78 is 0. The highest BCUT2D eigenvalue weighted by atomic mass is 35.5. The molecule has 2 rings (SSSR count). The van der Waals surface area contributed by atoms with Crippen molar-refractivity contribution in [3.05, 3.63) is 58.1 Å². The predicted molar refractivity (Wildman–Crippen MR) is 83.9 cm³/mol. The zero-order chi connectivity index (χ0) is 13.8. The summed E-state index contributed by atoms with van der Waals surface area (Å²) in [5.74, 6) is 0. The lowest BCUT2D eigenvalue weighted by molar-refractivity contribution is 0.589. The van der Waals surface area contributed by atoms with Crippen LogP contribution >= 0.6 is 23.2 Å². The molecule has 0 aliphatic rings. The van der Waals surface area contributed by atoms with Crippen LogP contribution in [0.25, 0.3) is 11.1 Å². The summed E-state index contributed by atoms with van der Waals surface area (Å²) in [6, 6.07) is 14.4. The normalized spacial score (nSPS) is 11.0. The SMILES string of the molecule is CC(C)NCc1ccc(-c2cccc(Cl)c2)cc1Cl. The zero-order valence-electron chi connectivity index (χ0n) is 11.1. The standard InChI is InChI=1S/C16H17Cl2N/c1-11(2)19-10-14-7-6-13(9-16(14)18)12-4-3-5-15(17)8-12/h3-9,11,19H,10H2,1-2H3. The average Bonchev–Trinajstić information content (AvgIpc) is 2.37. The average molecular weight is 294 g/mol. The third-order valence-corrected chi connectivity index (χ3v) is 3.50. The predicted octanol–water partition coefficient (Wildman–Crippen LogP) is 5.16. The molecule has 0 radical (unpaired) electrons. The molecule has 0 saturated heterocycles. The minimum absolute atomic E-state index is 0.448. The molecular formula is C16H17Cl2N. The minimum atomic E-state index is 0.448. The van der Waals surface area contributed by atoms with Gasteiger partial charge in [0.05, 0.1) is 0 Å². The Kier molecular flexibility index (Phi) is 4.87. The molecule has 1 N–H and O–H groups in total. The highest BCUT2D eigenvalue weighted by molar-refractivity contribution is 6.32. The second kappa shape index (κ2) is 6.42. The Balaban J connectivity index is 2.23. The first-order valence-electron chi connectivity index (χ1n) is 6.34. The maximum absolute atomic E-state index is 6.33.